The van der Waals surface area contributed by atoms with Gasteiger partial charge in [-0.2, -0.15) is 0 Å². The molecule has 0 atom stereocenters. The van der Waals surface area contributed by atoms with Crippen molar-refractivity contribution in [2.24, 2.45) is 0 Å². The number of benzene rings is 2. The van der Waals surface area contributed by atoms with Gasteiger partial charge < -0.3 is 14.0 Å². The lowest BCUT2D eigenvalue weighted by atomic mass is 10.2. The van der Waals surface area contributed by atoms with Crippen LogP contribution in [0.2, 0.25) is 0 Å². The van der Waals surface area contributed by atoms with Gasteiger partial charge in [0.1, 0.15) is 18.1 Å². The third-order valence-electron chi connectivity index (χ3n) is 4.35. The van der Waals surface area contributed by atoms with Crippen LogP contribution in [0.15, 0.2) is 59.8 Å². The lowest BCUT2D eigenvalue weighted by Crippen LogP contribution is -2.44. The molecule has 168 valence electrons. The lowest BCUT2D eigenvalue weighted by molar-refractivity contribution is -0.128. The summed E-state index contributed by atoms with van der Waals surface area (Å²) in [5.41, 5.74) is 5.73. The van der Waals surface area contributed by atoms with Crippen LogP contribution in [0.4, 0.5) is 0 Å². The number of nitrogens with one attached hydrogen (secondary N) is 2. The Balaban J connectivity index is 1.43. The van der Waals surface area contributed by atoms with Gasteiger partial charge in [0.05, 0.1) is 5.75 Å². The second-order valence-corrected chi connectivity index (χ2v) is 7.63. The largest absolute Gasteiger partial charge is 0.485 e. The molecule has 1 heterocycles. The van der Waals surface area contributed by atoms with Crippen molar-refractivity contribution in [1.29, 1.82) is 0 Å². The summed E-state index contributed by atoms with van der Waals surface area (Å²) in [7, 11) is 0. The van der Waals surface area contributed by atoms with Crippen molar-refractivity contribution in [3.05, 3.63) is 66.0 Å². The zero-order valence-corrected chi connectivity index (χ0v) is 18.7. The van der Waals surface area contributed by atoms with E-state index in [-0.39, 0.29) is 24.9 Å². The number of para-hydroxylation sites is 2. The van der Waals surface area contributed by atoms with Crippen LogP contribution in [0.1, 0.15) is 18.3 Å². The first-order valence-corrected chi connectivity index (χ1v) is 11.0. The second kappa shape index (κ2) is 11.8. The number of hydrogen-bond acceptors (Lipinski definition) is 7. The van der Waals surface area contributed by atoms with Crippen molar-refractivity contribution >= 4 is 23.6 Å². The molecule has 0 saturated heterocycles. The summed E-state index contributed by atoms with van der Waals surface area (Å²) in [5.74, 6) is 1.27. The number of thioether (sulfide) groups is 1. The van der Waals surface area contributed by atoms with Gasteiger partial charge in [0.25, 0.3) is 5.91 Å². The van der Waals surface area contributed by atoms with E-state index < -0.39 is 5.91 Å². The van der Waals surface area contributed by atoms with E-state index in [0.29, 0.717) is 23.3 Å². The molecule has 0 spiro atoms. The Hall–Kier alpha value is -3.53. The molecule has 0 aliphatic heterocycles. The van der Waals surface area contributed by atoms with Crippen LogP contribution in [0.25, 0.3) is 0 Å². The summed E-state index contributed by atoms with van der Waals surface area (Å²) in [5, 5.41) is 8.95. The first-order valence-electron chi connectivity index (χ1n) is 10.1. The zero-order valence-electron chi connectivity index (χ0n) is 17.9. The summed E-state index contributed by atoms with van der Waals surface area (Å²) >= 11 is 1.23. The number of rotatable bonds is 10. The Bertz CT molecular complexity index is 1040. The lowest BCUT2D eigenvalue weighted by Gasteiger charge is -2.10. The Labute approximate surface area is 190 Å². The minimum atomic E-state index is -0.459. The average Bonchev–Trinajstić information content (AvgIpc) is 3.22. The van der Waals surface area contributed by atoms with E-state index in [0.717, 1.165) is 11.3 Å². The number of carbonyl (C=O) groups is 2. The minimum absolute atomic E-state index is 0.0661. The molecule has 0 aliphatic carbocycles. The molecule has 0 radical (unpaired) electrons. The van der Waals surface area contributed by atoms with Gasteiger partial charge in [-0.1, -0.05) is 48.2 Å². The van der Waals surface area contributed by atoms with Crippen molar-refractivity contribution in [2.75, 3.05) is 12.4 Å². The zero-order chi connectivity index (χ0) is 22.8. The second-order valence-electron chi connectivity index (χ2n) is 6.68. The highest BCUT2D eigenvalue weighted by Crippen LogP contribution is 2.20. The molecule has 0 fully saturated rings. The molecular formula is C22H25N5O4S. The van der Waals surface area contributed by atoms with Gasteiger partial charge in [-0.05, 0) is 37.6 Å². The average molecular weight is 456 g/mol. The summed E-state index contributed by atoms with van der Waals surface area (Å²) in [6.07, 6.45) is 0. The summed E-state index contributed by atoms with van der Waals surface area (Å²) in [6, 6.07) is 16.7. The highest BCUT2D eigenvalue weighted by Gasteiger charge is 2.14. The quantitative estimate of drug-likeness (QED) is 0.357. The Morgan fingerprint density at radius 2 is 1.69 bits per heavy atom. The van der Waals surface area contributed by atoms with Crippen LogP contribution >= 0.6 is 11.8 Å². The summed E-state index contributed by atoms with van der Waals surface area (Å²) in [6.45, 7) is 4.66. The van der Waals surface area contributed by atoms with E-state index in [1.165, 1.54) is 11.8 Å². The standard InChI is InChI=1S/C22H25N5O4S/c1-3-27-19(13-31-18-12-8-7-9-16(18)2)23-26-22(27)32-15-21(29)25-24-20(28)14-30-17-10-5-4-6-11-17/h4-12H,3,13-15H2,1-2H3,(H,24,28)(H,25,29). The van der Waals surface area contributed by atoms with Crippen LogP contribution in [0.3, 0.4) is 0 Å². The smallest absolute Gasteiger partial charge is 0.276 e. The summed E-state index contributed by atoms with van der Waals surface area (Å²) < 4.78 is 13.1. The molecule has 0 unspecified atom stereocenters. The van der Waals surface area contributed by atoms with Gasteiger partial charge in [0.2, 0.25) is 5.91 Å². The molecule has 0 bridgehead atoms. The van der Waals surface area contributed by atoms with E-state index >= 15 is 0 Å². The first kappa shape index (κ1) is 23.1. The molecule has 0 saturated carbocycles. The van der Waals surface area contributed by atoms with Crippen LogP contribution in [-0.2, 0) is 22.7 Å². The van der Waals surface area contributed by atoms with Gasteiger partial charge in [-0.3, -0.25) is 20.4 Å². The van der Waals surface area contributed by atoms with Crippen molar-refractivity contribution in [1.82, 2.24) is 25.6 Å². The molecule has 2 N–H and O–H groups in total. The Kier molecular flexibility index (Phi) is 8.50. The highest BCUT2D eigenvalue weighted by molar-refractivity contribution is 7.99. The molecule has 9 nitrogen and oxygen atoms in total. The first-order chi connectivity index (χ1) is 15.6. The highest BCUT2D eigenvalue weighted by atomic mass is 32.2. The minimum Gasteiger partial charge on any atom is -0.485 e. The topological polar surface area (TPSA) is 107 Å². The molecule has 3 rings (SSSR count). The van der Waals surface area contributed by atoms with Crippen molar-refractivity contribution in [2.45, 2.75) is 32.2 Å². The van der Waals surface area contributed by atoms with Crippen LogP contribution in [0, 0.1) is 6.92 Å². The van der Waals surface area contributed by atoms with E-state index in [1.54, 1.807) is 12.1 Å². The number of aromatic nitrogens is 3. The molecule has 0 aliphatic rings. The fraction of sp³-hybridized carbons (Fsp3) is 0.273. The summed E-state index contributed by atoms with van der Waals surface area (Å²) in [4.78, 5) is 23.9. The molecule has 1 aromatic heterocycles. The van der Waals surface area contributed by atoms with Gasteiger partial charge in [0, 0.05) is 6.54 Å². The van der Waals surface area contributed by atoms with Crippen LogP contribution in [0.5, 0.6) is 11.5 Å². The number of carbonyl (C=O) groups excluding carboxylic acids is 2. The number of hydrazine groups is 1. The van der Waals surface area contributed by atoms with Crippen LogP contribution in [-0.4, -0.2) is 38.9 Å². The number of amides is 2. The maximum absolute atomic E-state index is 12.1. The third-order valence-corrected chi connectivity index (χ3v) is 5.31. The van der Waals surface area contributed by atoms with Gasteiger partial charge >= 0.3 is 0 Å². The predicted octanol–water partition coefficient (Wildman–Crippen LogP) is 2.50. The fourth-order valence-corrected chi connectivity index (χ4v) is 3.54. The van der Waals surface area contributed by atoms with Crippen molar-refractivity contribution in [3.8, 4) is 11.5 Å². The molecule has 2 aromatic carbocycles. The van der Waals surface area contributed by atoms with Gasteiger partial charge in [0.15, 0.2) is 17.6 Å². The van der Waals surface area contributed by atoms with E-state index in [1.807, 2.05) is 60.9 Å². The number of ether oxygens (including phenoxy) is 2. The SMILES string of the molecule is CCn1c(COc2ccccc2C)nnc1SCC(=O)NNC(=O)COc1ccccc1. The van der Waals surface area contributed by atoms with Crippen molar-refractivity contribution < 1.29 is 19.1 Å². The molecule has 2 amide bonds. The predicted molar refractivity (Wildman–Crippen MR) is 120 cm³/mol. The fourth-order valence-electron chi connectivity index (χ4n) is 2.72. The number of aryl methyl sites for hydroxylation is 1. The van der Waals surface area contributed by atoms with Crippen molar-refractivity contribution in [3.63, 3.8) is 0 Å². The van der Waals surface area contributed by atoms with E-state index in [4.69, 9.17) is 9.47 Å². The van der Waals surface area contributed by atoms with E-state index in [2.05, 4.69) is 21.0 Å². The molecule has 10 heteroatoms. The van der Waals surface area contributed by atoms with E-state index in [9.17, 15) is 9.59 Å². The van der Waals surface area contributed by atoms with Gasteiger partial charge in [-0.15, -0.1) is 10.2 Å². The van der Waals surface area contributed by atoms with Gasteiger partial charge in [-0.25, -0.2) is 0 Å². The number of hydrogen-bond donors (Lipinski definition) is 2. The molecule has 3 aromatic rings. The Morgan fingerprint density at radius 1 is 0.969 bits per heavy atom. The molecular weight excluding hydrogens is 430 g/mol. The van der Waals surface area contributed by atoms with Crippen LogP contribution < -0.4 is 20.3 Å². The third kappa shape index (κ3) is 6.74. The molecule has 32 heavy (non-hydrogen) atoms. The monoisotopic (exact) mass is 455 g/mol. The maximum Gasteiger partial charge on any atom is 0.276 e. The maximum atomic E-state index is 12.1. The Morgan fingerprint density at radius 3 is 2.44 bits per heavy atom. The number of nitrogens with zero attached hydrogens (tertiary/aromatic N) is 3. The normalized spacial score (nSPS) is 10.4.